The van der Waals surface area contributed by atoms with Gasteiger partial charge in [0.05, 0.1) is 24.0 Å². The van der Waals surface area contributed by atoms with Crippen LogP contribution in [-0.4, -0.2) is 12.6 Å². The van der Waals surface area contributed by atoms with Crippen molar-refractivity contribution >= 4 is 22.3 Å². The summed E-state index contributed by atoms with van der Waals surface area (Å²) in [5.74, 6) is 0.342. The number of carbonyl (C=O) groups is 1. The van der Waals surface area contributed by atoms with Crippen LogP contribution >= 0.6 is 11.3 Å². The summed E-state index contributed by atoms with van der Waals surface area (Å²) in [7, 11) is 0. The van der Waals surface area contributed by atoms with E-state index in [4.69, 9.17) is 14.9 Å². The number of nitrogen functional groups attached to an aromatic ring is 1. The van der Waals surface area contributed by atoms with Gasteiger partial charge < -0.3 is 20.2 Å². The van der Waals surface area contributed by atoms with Crippen molar-refractivity contribution < 1.29 is 19.3 Å². The Hall–Kier alpha value is -3.08. The molecular formula is C20H20N3O3S+. The molecule has 0 saturated carbocycles. The van der Waals surface area contributed by atoms with Crippen molar-refractivity contribution in [1.29, 1.82) is 5.26 Å². The van der Waals surface area contributed by atoms with Gasteiger partial charge >= 0.3 is 5.97 Å². The molecule has 2 aromatic heterocycles. The number of hydrogen-bond acceptors (Lipinski definition) is 6. The molecule has 2 heterocycles. The van der Waals surface area contributed by atoms with E-state index in [2.05, 4.69) is 6.07 Å². The molecule has 138 valence electrons. The molecule has 0 bridgehead atoms. The number of nitriles is 1. The Kier molecular flexibility index (Phi) is 5.91. The fourth-order valence-electron chi connectivity index (χ4n) is 2.94. The molecule has 0 spiro atoms. The highest BCUT2D eigenvalue weighted by Crippen LogP contribution is 2.31. The molecule has 0 saturated heterocycles. The average Bonchev–Trinajstić information content (AvgIpc) is 3.31. The molecule has 0 radical (unpaired) electrons. The zero-order chi connectivity index (χ0) is 19.2. The molecule has 7 heteroatoms. The predicted octanol–water partition coefficient (Wildman–Crippen LogP) is 2.82. The first-order valence-electron chi connectivity index (χ1n) is 8.55. The number of benzene rings is 1. The van der Waals surface area contributed by atoms with Gasteiger partial charge in [0.1, 0.15) is 22.5 Å². The SMILES string of the molecule is CCOC(=O)c1sc(N)c(C#N)c1C[NH2+][C@H](c1ccccc1)c1ccco1. The number of quaternary nitrogens is 1. The summed E-state index contributed by atoms with van der Waals surface area (Å²) in [6, 6.07) is 15.7. The molecule has 0 amide bonds. The van der Waals surface area contributed by atoms with Gasteiger partial charge in [-0.2, -0.15) is 5.26 Å². The van der Waals surface area contributed by atoms with Crippen LogP contribution in [0.1, 0.15) is 45.1 Å². The van der Waals surface area contributed by atoms with Crippen LogP contribution in [0.25, 0.3) is 0 Å². The van der Waals surface area contributed by atoms with E-state index in [9.17, 15) is 10.1 Å². The zero-order valence-corrected chi connectivity index (χ0v) is 15.7. The molecule has 0 aliphatic carbocycles. The first-order valence-corrected chi connectivity index (χ1v) is 9.37. The number of nitrogens with two attached hydrogens (primary N) is 2. The van der Waals surface area contributed by atoms with E-state index in [0.29, 0.717) is 27.5 Å². The zero-order valence-electron chi connectivity index (χ0n) is 14.8. The molecule has 27 heavy (non-hydrogen) atoms. The maximum atomic E-state index is 12.3. The van der Waals surface area contributed by atoms with Gasteiger partial charge in [0, 0.05) is 5.56 Å². The van der Waals surface area contributed by atoms with E-state index in [0.717, 1.165) is 22.7 Å². The van der Waals surface area contributed by atoms with Gasteiger partial charge in [0.15, 0.2) is 11.8 Å². The molecule has 1 atom stereocenters. The van der Waals surface area contributed by atoms with Crippen LogP contribution in [0.5, 0.6) is 0 Å². The quantitative estimate of drug-likeness (QED) is 0.611. The third-order valence-electron chi connectivity index (χ3n) is 4.17. The second-order valence-corrected chi connectivity index (χ2v) is 6.88. The van der Waals surface area contributed by atoms with Gasteiger partial charge in [-0.3, -0.25) is 0 Å². The molecule has 0 aliphatic heterocycles. The summed E-state index contributed by atoms with van der Waals surface area (Å²) in [4.78, 5) is 12.7. The summed E-state index contributed by atoms with van der Waals surface area (Å²) in [6.45, 7) is 2.40. The first kappa shape index (κ1) is 18.7. The van der Waals surface area contributed by atoms with Gasteiger partial charge in [-0.15, -0.1) is 11.3 Å². The minimum atomic E-state index is -0.451. The molecule has 6 nitrogen and oxygen atoms in total. The molecule has 3 rings (SSSR count). The highest BCUT2D eigenvalue weighted by molar-refractivity contribution is 7.18. The number of anilines is 1. The van der Waals surface area contributed by atoms with Crippen LogP contribution in [0.15, 0.2) is 53.1 Å². The fourth-order valence-corrected chi connectivity index (χ4v) is 3.89. The van der Waals surface area contributed by atoms with Crippen molar-refractivity contribution in [3.63, 3.8) is 0 Å². The molecule has 0 unspecified atom stereocenters. The highest BCUT2D eigenvalue weighted by atomic mass is 32.1. The summed E-state index contributed by atoms with van der Waals surface area (Å²) >= 11 is 1.10. The molecule has 3 aromatic rings. The highest BCUT2D eigenvalue weighted by Gasteiger charge is 2.27. The molecule has 4 N–H and O–H groups in total. The lowest BCUT2D eigenvalue weighted by Gasteiger charge is -2.14. The van der Waals surface area contributed by atoms with Crippen LogP contribution < -0.4 is 11.1 Å². The van der Waals surface area contributed by atoms with Crippen molar-refractivity contribution in [2.45, 2.75) is 19.5 Å². The Balaban J connectivity index is 1.92. The number of hydrogen-bond donors (Lipinski definition) is 2. The van der Waals surface area contributed by atoms with E-state index in [1.165, 1.54) is 0 Å². The standard InChI is InChI=1S/C20H19N3O3S/c1-2-25-20(24)18-15(14(11-21)19(22)27-18)12-23-17(16-9-6-10-26-16)13-7-4-3-5-8-13/h3-10,17,23H,2,12,22H2,1H3/p+1/t17-/m1/s1. The van der Waals surface area contributed by atoms with Gasteiger partial charge in [0.25, 0.3) is 0 Å². The molecule has 0 aliphatic rings. The number of esters is 1. The van der Waals surface area contributed by atoms with Crippen molar-refractivity contribution in [2.75, 3.05) is 12.3 Å². The first-order chi connectivity index (χ1) is 13.2. The van der Waals surface area contributed by atoms with E-state index < -0.39 is 5.97 Å². The summed E-state index contributed by atoms with van der Waals surface area (Å²) in [6.07, 6.45) is 1.63. The minimum absolute atomic E-state index is 0.107. The second kappa shape index (κ2) is 8.54. The number of furan rings is 1. The summed E-state index contributed by atoms with van der Waals surface area (Å²) in [5, 5.41) is 11.8. The smallest absolute Gasteiger partial charge is 0.348 e. The van der Waals surface area contributed by atoms with Crippen LogP contribution in [0.3, 0.4) is 0 Å². The second-order valence-electron chi connectivity index (χ2n) is 5.82. The Morgan fingerprint density at radius 3 is 2.74 bits per heavy atom. The van der Waals surface area contributed by atoms with E-state index in [-0.39, 0.29) is 12.6 Å². The van der Waals surface area contributed by atoms with Crippen molar-refractivity contribution in [3.05, 3.63) is 76.1 Å². The maximum absolute atomic E-state index is 12.3. The lowest BCUT2D eigenvalue weighted by atomic mass is 10.0. The largest absolute Gasteiger partial charge is 0.463 e. The maximum Gasteiger partial charge on any atom is 0.348 e. The molecular weight excluding hydrogens is 362 g/mol. The van der Waals surface area contributed by atoms with E-state index in [1.54, 1.807) is 13.2 Å². The minimum Gasteiger partial charge on any atom is -0.463 e. The molecule has 0 fully saturated rings. The predicted molar refractivity (Wildman–Crippen MR) is 102 cm³/mol. The van der Waals surface area contributed by atoms with Gasteiger partial charge in [-0.1, -0.05) is 30.3 Å². The third kappa shape index (κ3) is 4.03. The number of ether oxygens (including phenoxy) is 1. The van der Waals surface area contributed by atoms with Crippen LogP contribution in [-0.2, 0) is 11.3 Å². The van der Waals surface area contributed by atoms with Crippen LogP contribution in [0, 0.1) is 11.3 Å². The van der Waals surface area contributed by atoms with Crippen LogP contribution in [0.2, 0.25) is 0 Å². The number of carbonyl (C=O) groups excluding carboxylic acids is 1. The van der Waals surface area contributed by atoms with Gasteiger partial charge in [0.2, 0.25) is 0 Å². The Labute approximate surface area is 161 Å². The summed E-state index contributed by atoms with van der Waals surface area (Å²) < 4.78 is 10.7. The Morgan fingerprint density at radius 1 is 1.33 bits per heavy atom. The lowest BCUT2D eigenvalue weighted by Crippen LogP contribution is -2.84. The van der Waals surface area contributed by atoms with Crippen LogP contribution in [0.4, 0.5) is 5.00 Å². The number of thiophene rings is 1. The fraction of sp³-hybridized carbons (Fsp3) is 0.200. The topological polar surface area (TPSA) is 106 Å². The van der Waals surface area contributed by atoms with E-state index in [1.807, 2.05) is 47.8 Å². The van der Waals surface area contributed by atoms with Gasteiger partial charge in [-0.05, 0) is 19.1 Å². The van der Waals surface area contributed by atoms with Crippen molar-refractivity contribution in [3.8, 4) is 6.07 Å². The average molecular weight is 382 g/mol. The van der Waals surface area contributed by atoms with Crippen molar-refractivity contribution in [2.24, 2.45) is 0 Å². The number of rotatable bonds is 7. The van der Waals surface area contributed by atoms with Crippen molar-refractivity contribution in [1.82, 2.24) is 0 Å². The lowest BCUT2D eigenvalue weighted by molar-refractivity contribution is -0.704. The molecule has 1 aromatic carbocycles. The summed E-state index contributed by atoms with van der Waals surface area (Å²) in [5.41, 5.74) is 7.96. The Bertz CT molecular complexity index is 943. The van der Waals surface area contributed by atoms with Gasteiger partial charge in [-0.25, -0.2) is 4.79 Å². The number of nitrogens with zero attached hydrogens (tertiary/aromatic N) is 1. The Morgan fingerprint density at radius 2 is 2.11 bits per heavy atom. The third-order valence-corrected chi connectivity index (χ3v) is 5.21. The monoisotopic (exact) mass is 382 g/mol. The van der Waals surface area contributed by atoms with E-state index >= 15 is 0 Å². The normalized spacial score (nSPS) is 11.7.